The fourth-order valence-corrected chi connectivity index (χ4v) is 4.11. The molecule has 4 rings (SSSR count). The second-order valence-corrected chi connectivity index (χ2v) is 7.93. The van der Waals surface area contributed by atoms with Gasteiger partial charge in [-0.05, 0) is 28.1 Å². The lowest BCUT2D eigenvalue weighted by atomic mass is 10.3. The standard InChI is InChI=1S/C20H23BrN6O3/c1-24-19-17(18(21)23-24)20(29)27(14-22-19)13-16(28)26-9-7-25(8-10-26)11-12-30-15-5-3-2-4-6-15/h2-6,14H,7-13H2,1H3. The Morgan fingerprint density at radius 2 is 1.90 bits per heavy atom. The summed E-state index contributed by atoms with van der Waals surface area (Å²) >= 11 is 3.29. The van der Waals surface area contributed by atoms with Crippen molar-refractivity contribution >= 4 is 32.9 Å². The van der Waals surface area contributed by atoms with Gasteiger partial charge in [-0.15, -0.1) is 0 Å². The van der Waals surface area contributed by atoms with Crippen LogP contribution < -0.4 is 10.3 Å². The molecule has 0 N–H and O–H groups in total. The molecule has 0 spiro atoms. The summed E-state index contributed by atoms with van der Waals surface area (Å²) in [6.45, 7) is 4.22. The predicted octanol–water partition coefficient (Wildman–Crippen LogP) is 1.12. The number of para-hydroxylation sites is 1. The first kappa shape index (κ1) is 20.5. The minimum atomic E-state index is -0.273. The molecule has 9 nitrogen and oxygen atoms in total. The Bertz CT molecular complexity index is 1090. The number of carbonyl (C=O) groups excluding carboxylic acids is 1. The number of carbonyl (C=O) groups is 1. The lowest BCUT2D eigenvalue weighted by molar-refractivity contribution is -0.133. The van der Waals surface area contributed by atoms with E-state index in [1.807, 2.05) is 30.3 Å². The van der Waals surface area contributed by atoms with Gasteiger partial charge in [-0.25, -0.2) is 9.67 Å². The van der Waals surface area contributed by atoms with Crippen molar-refractivity contribution in [3.05, 3.63) is 51.6 Å². The number of aromatic nitrogens is 4. The van der Waals surface area contributed by atoms with Gasteiger partial charge in [-0.3, -0.25) is 19.1 Å². The molecule has 1 fully saturated rings. The third-order valence-corrected chi connectivity index (χ3v) is 5.77. The largest absolute Gasteiger partial charge is 0.492 e. The highest BCUT2D eigenvalue weighted by atomic mass is 79.9. The van der Waals surface area contributed by atoms with Gasteiger partial charge < -0.3 is 9.64 Å². The predicted molar refractivity (Wildman–Crippen MR) is 115 cm³/mol. The first-order valence-corrected chi connectivity index (χ1v) is 10.6. The Hall–Kier alpha value is -2.72. The number of fused-ring (bicyclic) bond motifs is 1. The summed E-state index contributed by atoms with van der Waals surface area (Å²) in [5, 5.41) is 4.54. The second kappa shape index (κ2) is 8.97. The summed E-state index contributed by atoms with van der Waals surface area (Å²) in [5.41, 5.74) is 0.215. The van der Waals surface area contributed by atoms with Gasteiger partial charge in [0.2, 0.25) is 5.91 Å². The van der Waals surface area contributed by atoms with Gasteiger partial charge in [0.1, 0.15) is 35.2 Å². The van der Waals surface area contributed by atoms with Crippen molar-refractivity contribution < 1.29 is 9.53 Å². The Labute approximate surface area is 182 Å². The van der Waals surface area contributed by atoms with Crippen LogP contribution in [0.5, 0.6) is 5.75 Å². The van der Waals surface area contributed by atoms with Crippen molar-refractivity contribution in [2.24, 2.45) is 7.05 Å². The van der Waals surface area contributed by atoms with Crippen LogP contribution in [-0.2, 0) is 18.4 Å². The van der Waals surface area contributed by atoms with Crippen molar-refractivity contribution in [1.82, 2.24) is 29.1 Å². The van der Waals surface area contributed by atoms with Gasteiger partial charge in [0.15, 0.2) is 5.65 Å². The van der Waals surface area contributed by atoms with Crippen LogP contribution in [0.15, 0.2) is 46.1 Å². The lowest BCUT2D eigenvalue weighted by Crippen LogP contribution is -2.50. The molecule has 0 atom stereocenters. The van der Waals surface area contributed by atoms with E-state index in [0.29, 0.717) is 35.3 Å². The van der Waals surface area contributed by atoms with Gasteiger partial charge in [0.05, 0.1) is 0 Å². The SMILES string of the molecule is Cn1nc(Br)c2c(=O)n(CC(=O)N3CCN(CCOc4ccccc4)CC3)cnc21. The molecule has 0 aliphatic carbocycles. The number of halogens is 1. The summed E-state index contributed by atoms with van der Waals surface area (Å²) in [6.07, 6.45) is 1.41. The molecular weight excluding hydrogens is 452 g/mol. The molecule has 0 saturated carbocycles. The van der Waals surface area contributed by atoms with Crippen molar-refractivity contribution in [3.8, 4) is 5.75 Å². The molecule has 10 heteroatoms. The van der Waals surface area contributed by atoms with Crippen molar-refractivity contribution in [3.63, 3.8) is 0 Å². The highest BCUT2D eigenvalue weighted by molar-refractivity contribution is 9.10. The zero-order chi connectivity index (χ0) is 21.1. The van der Waals surface area contributed by atoms with Crippen LogP contribution in [0.4, 0.5) is 0 Å². The van der Waals surface area contributed by atoms with E-state index < -0.39 is 0 Å². The van der Waals surface area contributed by atoms with E-state index in [0.717, 1.165) is 25.4 Å². The maximum Gasteiger partial charge on any atom is 0.266 e. The highest BCUT2D eigenvalue weighted by Gasteiger charge is 2.22. The average Bonchev–Trinajstić information content (AvgIpc) is 3.05. The summed E-state index contributed by atoms with van der Waals surface area (Å²) in [7, 11) is 1.72. The van der Waals surface area contributed by atoms with E-state index in [9.17, 15) is 9.59 Å². The van der Waals surface area contributed by atoms with E-state index in [1.165, 1.54) is 15.6 Å². The number of amides is 1. The fourth-order valence-electron chi connectivity index (χ4n) is 3.52. The molecule has 2 aromatic heterocycles. The third kappa shape index (κ3) is 4.39. The number of piperazine rings is 1. The van der Waals surface area contributed by atoms with Crippen molar-refractivity contribution in [2.75, 3.05) is 39.3 Å². The molecule has 1 aromatic carbocycles. The Morgan fingerprint density at radius 3 is 2.63 bits per heavy atom. The van der Waals surface area contributed by atoms with Crippen LogP contribution in [-0.4, -0.2) is 74.4 Å². The van der Waals surface area contributed by atoms with E-state index >= 15 is 0 Å². The van der Waals surface area contributed by atoms with E-state index in [4.69, 9.17) is 4.74 Å². The molecular formula is C20H23BrN6O3. The molecule has 3 heterocycles. The average molecular weight is 475 g/mol. The maximum atomic E-state index is 12.7. The molecule has 3 aromatic rings. The molecule has 158 valence electrons. The van der Waals surface area contributed by atoms with Crippen LogP contribution in [0.1, 0.15) is 0 Å². The molecule has 1 amide bonds. The van der Waals surface area contributed by atoms with Gasteiger partial charge in [-0.1, -0.05) is 18.2 Å². The van der Waals surface area contributed by atoms with Crippen LogP contribution in [0, 0.1) is 0 Å². The molecule has 1 aliphatic heterocycles. The Kier molecular flexibility index (Phi) is 6.14. The number of hydrogen-bond donors (Lipinski definition) is 0. The Balaban J connectivity index is 1.29. The summed E-state index contributed by atoms with van der Waals surface area (Å²) < 4.78 is 9.06. The number of aryl methyl sites for hydroxylation is 1. The second-order valence-electron chi connectivity index (χ2n) is 7.17. The molecule has 1 saturated heterocycles. The van der Waals surface area contributed by atoms with Crippen molar-refractivity contribution in [1.29, 1.82) is 0 Å². The van der Waals surface area contributed by atoms with E-state index in [2.05, 4.69) is 30.9 Å². The summed E-state index contributed by atoms with van der Waals surface area (Å²) in [6, 6.07) is 9.74. The van der Waals surface area contributed by atoms with Crippen LogP contribution in [0.2, 0.25) is 0 Å². The summed E-state index contributed by atoms with van der Waals surface area (Å²) in [4.78, 5) is 33.8. The molecule has 1 aliphatic rings. The summed E-state index contributed by atoms with van der Waals surface area (Å²) in [5.74, 6) is 0.779. The maximum absolute atomic E-state index is 12.7. The van der Waals surface area contributed by atoms with Crippen LogP contribution in [0.25, 0.3) is 11.0 Å². The molecule has 0 radical (unpaired) electrons. The zero-order valence-corrected chi connectivity index (χ0v) is 18.3. The van der Waals surface area contributed by atoms with Crippen molar-refractivity contribution in [2.45, 2.75) is 6.54 Å². The van der Waals surface area contributed by atoms with Crippen LogP contribution in [0.3, 0.4) is 0 Å². The van der Waals surface area contributed by atoms with E-state index in [-0.39, 0.29) is 18.0 Å². The molecule has 30 heavy (non-hydrogen) atoms. The monoisotopic (exact) mass is 474 g/mol. The van der Waals surface area contributed by atoms with Gasteiger partial charge >= 0.3 is 0 Å². The topological polar surface area (TPSA) is 85.5 Å². The first-order valence-electron chi connectivity index (χ1n) is 9.78. The highest BCUT2D eigenvalue weighted by Crippen LogP contribution is 2.16. The smallest absolute Gasteiger partial charge is 0.266 e. The normalized spacial score (nSPS) is 14.9. The van der Waals surface area contributed by atoms with Gasteiger partial charge in [0.25, 0.3) is 5.56 Å². The number of hydrogen-bond acceptors (Lipinski definition) is 6. The number of benzene rings is 1. The van der Waals surface area contributed by atoms with Crippen LogP contribution >= 0.6 is 15.9 Å². The number of nitrogens with zero attached hydrogens (tertiary/aromatic N) is 6. The van der Waals surface area contributed by atoms with Gasteiger partial charge in [-0.2, -0.15) is 5.10 Å². The van der Waals surface area contributed by atoms with Gasteiger partial charge in [0, 0.05) is 39.8 Å². The molecule has 0 bridgehead atoms. The zero-order valence-electron chi connectivity index (χ0n) is 16.7. The fraction of sp³-hybridized carbons (Fsp3) is 0.400. The first-order chi connectivity index (χ1) is 14.5. The minimum Gasteiger partial charge on any atom is -0.492 e. The number of rotatable bonds is 6. The third-order valence-electron chi connectivity index (χ3n) is 5.22. The Morgan fingerprint density at radius 1 is 1.17 bits per heavy atom. The quantitative estimate of drug-likeness (QED) is 0.531. The minimum absolute atomic E-state index is 0.0276. The lowest BCUT2D eigenvalue weighted by Gasteiger charge is -2.34. The van der Waals surface area contributed by atoms with E-state index in [1.54, 1.807) is 11.9 Å². The number of ether oxygens (including phenoxy) is 1. The molecule has 0 unspecified atom stereocenters.